The molecule has 0 unspecified atom stereocenters. The standard InChI is InChI=1S/C20H20O5/c1-11-12(2)20(14-4-6-16-18(8-14)24-10-22-16)25-19(11)13-3-5-15-17(7-13)23-9-21-15/h3-8,11-12,19-20H,9-10H2,1-2H3/t11-,12-,19-,20-/m0/s1. The summed E-state index contributed by atoms with van der Waals surface area (Å²) in [7, 11) is 0. The predicted octanol–water partition coefficient (Wildman–Crippen LogP) is 4.23. The lowest BCUT2D eigenvalue weighted by Crippen LogP contribution is -2.09. The van der Waals surface area contributed by atoms with Crippen molar-refractivity contribution in [3.8, 4) is 23.0 Å². The Morgan fingerprint density at radius 3 is 1.56 bits per heavy atom. The molecule has 130 valence electrons. The summed E-state index contributed by atoms with van der Waals surface area (Å²) >= 11 is 0. The van der Waals surface area contributed by atoms with Crippen molar-refractivity contribution in [2.24, 2.45) is 11.8 Å². The maximum absolute atomic E-state index is 6.48. The van der Waals surface area contributed by atoms with Gasteiger partial charge in [-0.3, -0.25) is 0 Å². The quantitative estimate of drug-likeness (QED) is 0.819. The number of hydrogen-bond acceptors (Lipinski definition) is 5. The topological polar surface area (TPSA) is 46.2 Å². The van der Waals surface area contributed by atoms with Crippen LogP contribution in [0.1, 0.15) is 37.2 Å². The number of benzene rings is 2. The lowest BCUT2D eigenvalue weighted by Gasteiger charge is -2.17. The first kappa shape index (κ1) is 14.9. The molecule has 3 aliphatic rings. The van der Waals surface area contributed by atoms with E-state index in [-0.39, 0.29) is 25.8 Å². The smallest absolute Gasteiger partial charge is 0.231 e. The number of ether oxygens (including phenoxy) is 5. The Balaban J connectivity index is 1.44. The lowest BCUT2D eigenvalue weighted by atomic mass is 9.85. The molecule has 3 aliphatic heterocycles. The van der Waals surface area contributed by atoms with Crippen LogP contribution in [0.4, 0.5) is 0 Å². The monoisotopic (exact) mass is 340 g/mol. The molecule has 1 fully saturated rings. The summed E-state index contributed by atoms with van der Waals surface area (Å²) in [5, 5.41) is 0. The van der Waals surface area contributed by atoms with Gasteiger partial charge in [-0.25, -0.2) is 0 Å². The molecule has 0 spiro atoms. The van der Waals surface area contributed by atoms with E-state index in [1.165, 1.54) is 0 Å². The normalized spacial score (nSPS) is 29.2. The Kier molecular flexibility index (Phi) is 3.31. The zero-order valence-electron chi connectivity index (χ0n) is 14.2. The minimum Gasteiger partial charge on any atom is -0.454 e. The minimum absolute atomic E-state index is 0.0277. The zero-order valence-corrected chi connectivity index (χ0v) is 14.2. The van der Waals surface area contributed by atoms with Crippen LogP contribution in [0.25, 0.3) is 0 Å². The second-order valence-corrected chi connectivity index (χ2v) is 6.92. The van der Waals surface area contributed by atoms with Gasteiger partial charge in [-0.2, -0.15) is 0 Å². The molecule has 5 nitrogen and oxygen atoms in total. The molecule has 0 aliphatic carbocycles. The highest BCUT2D eigenvalue weighted by Gasteiger charge is 2.41. The Labute approximate surface area is 146 Å². The summed E-state index contributed by atoms with van der Waals surface area (Å²) in [6, 6.07) is 12.2. The van der Waals surface area contributed by atoms with Crippen molar-refractivity contribution in [3.63, 3.8) is 0 Å². The molecule has 0 N–H and O–H groups in total. The summed E-state index contributed by atoms with van der Waals surface area (Å²) in [4.78, 5) is 0. The molecule has 5 heteroatoms. The molecule has 1 saturated heterocycles. The van der Waals surface area contributed by atoms with Crippen LogP contribution in [0.5, 0.6) is 23.0 Å². The molecular formula is C20H20O5. The third kappa shape index (κ3) is 2.34. The molecule has 5 rings (SSSR count). The maximum Gasteiger partial charge on any atom is 0.231 e. The molecule has 2 aromatic carbocycles. The van der Waals surface area contributed by atoms with Gasteiger partial charge in [0.05, 0.1) is 12.2 Å². The molecule has 0 amide bonds. The van der Waals surface area contributed by atoms with Gasteiger partial charge in [0.1, 0.15) is 0 Å². The van der Waals surface area contributed by atoms with Crippen LogP contribution in [0, 0.1) is 11.8 Å². The van der Waals surface area contributed by atoms with Gasteiger partial charge >= 0.3 is 0 Å². The second-order valence-electron chi connectivity index (χ2n) is 6.92. The third-order valence-electron chi connectivity index (χ3n) is 5.53. The van der Waals surface area contributed by atoms with Gasteiger partial charge in [0.2, 0.25) is 13.6 Å². The zero-order chi connectivity index (χ0) is 17.0. The first-order chi connectivity index (χ1) is 12.2. The van der Waals surface area contributed by atoms with E-state index in [0.717, 1.165) is 34.1 Å². The highest BCUT2D eigenvalue weighted by Crippen LogP contribution is 2.51. The fourth-order valence-corrected chi connectivity index (χ4v) is 3.90. The van der Waals surface area contributed by atoms with Gasteiger partial charge in [0, 0.05) is 0 Å². The van der Waals surface area contributed by atoms with Crippen molar-refractivity contribution in [3.05, 3.63) is 47.5 Å². The number of fused-ring (bicyclic) bond motifs is 2. The molecule has 0 radical (unpaired) electrons. The van der Waals surface area contributed by atoms with E-state index in [4.69, 9.17) is 23.7 Å². The fourth-order valence-electron chi connectivity index (χ4n) is 3.90. The summed E-state index contributed by atoms with van der Waals surface area (Å²) in [6.07, 6.45) is 0.0554. The summed E-state index contributed by atoms with van der Waals surface area (Å²) in [5.74, 6) is 3.97. The molecular weight excluding hydrogens is 320 g/mol. The Bertz CT molecular complexity index is 750. The summed E-state index contributed by atoms with van der Waals surface area (Å²) in [6.45, 7) is 5.06. The van der Waals surface area contributed by atoms with Crippen molar-refractivity contribution in [1.82, 2.24) is 0 Å². The molecule has 3 heterocycles. The number of rotatable bonds is 2. The van der Waals surface area contributed by atoms with Crippen LogP contribution in [0.2, 0.25) is 0 Å². The van der Waals surface area contributed by atoms with Gasteiger partial charge in [-0.15, -0.1) is 0 Å². The van der Waals surface area contributed by atoms with Crippen LogP contribution in [-0.2, 0) is 4.74 Å². The van der Waals surface area contributed by atoms with Crippen LogP contribution < -0.4 is 18.9 Å². The van der Waals surface area contributed by atoms with Gasteiger partial charge in [-0.05, 0) is 47.2 Å². The largest absolute Gasteiger partial charge is 0.454 e. The Morgan fingerprint density at radius 1 is 0.640 bits per heavy atom. The SMILES string of the molecule is C[C@H]1[C@H](C)[C@@H](c2ccc3c(c2)OCO3)O[C@@H]1c1ccc2c(c1)OCO2. The maximum atomic E-state index is 6.48. The molecule has 0 bridgehead atoms. The first-order valence-corrected chi connectivity index (χ1v) is 8.65. The van der Waals surface area contributed by atoms with E-state index in [9.17, 15) is 0 Å². The Morgan fingerprint density at radius 2 is 1.08 bits per heavy atom. The lowest BCUT2D eigenvalue weighted by molar-refractivity contribution is 0.0288. The van der Waals surface area contributed by atoms with E-state index in [2.05, 4.69) is 26.0 Å². The molecule has 2 aromatic rings. The van der Waals surface area contributed by atoms with Crippen molar-refractivity contribution in [1.29, 1.82) is 0 Å². The van der Waals surface area contributed by atoms with Crippen LogP contribution >= 0.6 is 0 Å². The highest BCUT2D eigenvalue weighted by atomic mass is 16.7. The fraction of sp³-hybridized carbons (Fsp3) is 0.400. The van der Waals surface area contributed by atoms with Crippen molar-refractivity contribution >= 4 is 0 Å². The number of hydrogen-bond donors (Lipinski definition) is 0. The highest BCUT2D eigenvalue weighted by molar-refractivity contribution is 5.47. The van der Waals surface area contributed by atoms with Crippen LogP contribution in [0.15, 0.2) is 36.4 Å². The minimum atomic E-state index is 0.0277. The first-order valence-electron chi connectivity index (χ1n) is 8.65. The van der Waals surface area contributed by atoms with Gasteiger partial charge < -0.3 is 23.7 Å². The molecule has 0 aromatic heterocycles. The molecule has 25 heavy (non-hydrogen) atoms. The van der Waals surface area contributed by atoms with Gasteiger partial charge in [0.25, 0.3) is 0 Å². The van der Waals surface area contributed by atoms with E-state index >= 15 is 0 Å². The van der Waals surface area contributed by atoms with E-state index < -0.39 is 0 Å². The van der Waals surface area contributed by atoms with Crippen LogP contribution in [0.3, 0.4) is 0 Å². The van der Waals surface area contributed by atoms with Crippen molar-refractivity contribution in [2.75, 3.05) is 13.6 Å². The predicted molar refractivity (Wildman–Crippen MR) is 90.0 cm³/mol. The van der Waals surface area contributed by atoms with E-state index in [1.807, 2.05) is 24.3 Å². The molecule has 4 atom stereocenters. The second kappa shape index (κ2) is 5.56. The summed E-state index contributed by atoms with van der Waals surface area (Å²) < 4.78 is 28.3. The molecule has 0 saturated carbocycles. The third-order valence-corrected chi connectivity index (χ3v) is 5.53. The summed E-state index contributed by atoms with van der Waals surface area (Å²) in [5.41, 5.74) is 2.26. The van der Waals surface area contributed by atoms with E-state index in [0.29, 0.717) is 11.8 Å². The van der Waals surface area contributed by atoms with Gasteiger partial charge in [-0.1, -0.05) is 26.0 Å². The average Bonchev–Trinajstić information content (AvgIpc) is 3.34. The van der Waals surface area contributed by atoms with Crippen molar-refractivity contribution < 1.29 is 23.7 Å². The van der Waals surface area contributed by atoms with E-state index in [1.54, 1.807) is 0 Å². The average molecular weight is 340 g/mol. The Hall–Kier alpha value is -2.40. The van der Waals surface area contributed by atoms with Gasteiger partial charge in [0.15, 0.2) is 23.0 Å². The van der Waals surface area contributed by atoms with Crippen molar-refractivity contribution in [2.45, 2.75) is 26.1 Å². The van der Waals surface area contributed by atoms with Crippen LogP contribution in [-0.4, -0.2) is 13.6 Å².